The second-order valence-electron chi connectivity index (χ2n) is 8.47. The lowest BCUT2D eigenvalue weighted by atomic mass is 9.97. The highest BCUT2D eigenvalue weighted by Crippen LogP contribution is 2.58. The first kappa shape index (κ1) is 32.3. The Kier molecular flexibility index (Phi) is 7.70. The molecule has 4 aromatic heterocycles. The van der Waals surface area contributed by atoms with Gasteiger partial charge in [0.2, 0.25) is 11.6 Å². The fraction of sp³-hybridized carbons (Fsp3) is 0.273. The minimum atomic E-state index is -6.94. The van der Waals surface area contributed by atoms with Gasteiger partial charge in [-0.15, -0.1) is 0 Å². The average Bonchev–Trinajstić information content (AvgIpc) is 2.96. The summed E-state index contributed by atoms with van der Waals surface area (Å²) in [6.45, 7) is 0. The molecule has 8 nitrogen and oxygen atoms in total. The summed E-state index contributed by atoms with van der Waals surface area (Å²) in [6.07, 6.45) is -7.64. The number of hydrogen-bond donors (Lipinski definition) is 0. The maximum absolute atomic E-state index is 14.6. The quantitative estimate of drug-likeness (QED) is 0.213. The third-order valence-corrected chi connectivity index (χ3v) is 5.52. The summed E-state index contributed by atoms with van der Waals surface area (Å²) in [5, 5.41) is 0. The molecule has 0 aliphatic carbocycles. The van der Waals surface area contributed by atoms with Crippen molar-refractivity contribution in [2.45, 2.75) is 36.0 Å². The number of nitrogens with zero attached hydrogens (tertiary/aromatic N) is 8. The molecular formula is C22H8F14N8. The zero-order valence-electron chi connectivity index (χ0n) is 20.5. The number of alkyl halides is 14. The summed E-state index contributed by atoms with van der Waals surface area (Å²) in [6, 6.07) is 0. The van der Waals surface area contributed by atoms with Crippen molar-refractivity contribution in [3.63, 3.8) is 0 Å². The average molecular weight is 650 g/mol. The Balaban J connectivity index is 1.59. The maximum Gasteiger partial charge on any atom is 0.419 e. The predicted octanol–water partition coefficient (Wildman–Crippen LogP) is 6.37. The smallest absolute Gasteiger partial charge is 0.236 e. The summed E-state index contributed by atoms with van der Waals surface area (Å²) in [5.41, 5.74) is -3.72. The fourth-order valence-electron chi connectivity index (χ4n) is 3.13. The van der Waals surface area contributed by atoms with Crippen molar-refractivity contribution in [1.82, 2.24) is 39.9 Å². The van der Waals surface area contributed by atoms with Crippen molar-refractivity contribution < 1.29 is 61.5 Å². The molecular weight excluding hydrogens is 642 g/mol. The second-order valence-corrected chi connectivity index (χ2v) is 8.47. The van der Waals surface area contributed by atoms with Gasteiger partial charge in [0, 0.05) is 49.6 Å². The molecule has 0 amide bonds. The lowest BCUT2D eigenvalue weighted by molar-refractivity contribution is -0.377. The van der Waals surface area contributed by atoms with Gasteiger partial charge in [0.25, 0.3) is 0 Å². The van der Waals surface area contributed by atoms with E-state index >= 15 is 0 Å². The molecule has 0 fully saturated rings. The van der Waals surface area contributed by atoms with Crippen LogP contribution in [0.4, 0.5) is 61.5 Å². The Labute approximate surface area is 233 Å². The SMILES string of the molecule is FC(F)(F)c1cnc(-c2cnc(C(F)(F)C(F)(F)C(F)(F)C(F)(F)c3ncc(-c4ncc(C(F)(F)F)cn4)cn3)nc2)nc1. The molecule has 0 bridgehead atoms. The molecule has 0 aliphatic rings. The van der Waals surface area contributed by atoms with Crippen LogP contribution in [-0.4, -0.2) is 51.7 Å². The van der Waals surface area contributed by atoms with Gasteiger partial charge in [-0.1, -0.05) is 0 Å². The van der Waals surface area contributed by atoms with Gasteiger partial charge >= 0.3 is 36.0 Å². The van der Waals surface area contributed by atoms with Gasteiger partial charge < -0.3 is 0 Å². The molecule has 0 spiro atoms. The molecule has 234 valence electrons. The predicted molar refractivity (Wildman–Crippen MR) is 114 cm³/mol. The Hall–Kier alpha value is -4.66. The van der Waals surface area contributed by atoms with Crippen LogP contribution in [0.2, 0.25) is 0 Å². The zero-order valence-corrected chi connectivity index (χ0v) is 20.5. The summed E-state index contributed by atoms with van der Waals surface area (Å²) in [4.78, 5) is 24.1. The number of hydrogen-bond acceptors (Lipinski definition) is 8. The Morgan fingerprint density at radius 1 is 0.341 bits per heavy atom. The monoisotopic (exact) mass is 650 g/mol. The van der Waals surface area contributed by atoms with Gasteiger partial charge in [-0.2, -0.15) is 61.5 Å². The van der Waals surface area contributed by atoms with Crippen LogP contribution >= 0.6 is 0 Å². The van der Waals surface area contributed by atoms with Crippen LogP contribution in [0.5, 0.6) is 0 Å². The normalized spacial score (nSPS) is 13.7. The number of halogens is 14. The van der Waals surface area contributed by atoms with Crippen molar-refractivity contribution in [3.8, 4) is 22.8 Å². The number of aromatic nitrogens is 8. The van der Waals surface area contributed by atoms with Crippen LogP contribution in [0.3, 0.4) is 0 Å². The van der Waals surface area contributed by atoms with Gasteiger partial charge in [-0.3, -0.25) is 0 Å². The van der Waals surface area contributed by atoms with Crippen LogP contribution in [0.25, 0.3) is 22.8 Å². The highest BCUT2D eigenvalue weighted by Gasteiger charge is 2.83. The summed E-state index contributed by atoms with van der Waals surface area (Å²) >= 11 is 0. The van der Waals surface area contributed by atoms with E-state index in [1.807, 2.05) is 0 Å². The van der Waals surface area contributed by atoms with Crippen LogP contribution in [0.15, 0.2) is 49.6 Å². The van der Waals surface area contributed by atoms with Crippen molar-refractivity contribution in [1.29, 1.82) is 0 Å². The highest BCUT2D eigenvalue weighted by atomic mass is 19.4. The first-order valence-corrected chi connectivity index (χ1v) is 11.1. The molecule has 0 radical (unpaired) electrons. The van der Waals surface area contributed by atoms with Gasteiger partial charge in [0.1, 0.15) is 0 Å². The molecule has 0 aliphatic heterocycles. The fourth-order valence-corrected chi connectivity index (χ4v) is 3.13. The summed E-state index contributed by atoms with van der Waals surface area (Å²) in [5.74, 6) is -32.3. The van der Waals surface area contributed by atoms with E-state index < -0.39 is 81.6 Å². The van der Waals surface area contributed by atoms with E-state index in [0.717, 1.165) is 0 Å². The largest absolute Gasteiger partial charge is 0.419 e. The van der Waals surface area contributed by atoms with E-state index in [-0.39, 0.29) is 49.6 Å². The minimum Gasteiger partial charge on any atom is -0.236 e. The molecule has 0 unspecified atom stereocenters. The lowest BCUT2D eigenvalue weighted by Gasteiger charge is -2.35. The standard InChI is InChI=1S/C22H8F14N8/c23-17(24,15-41-1-9(2-42-15)13-37-5-11(6-38-13)19(27,28)29)21(33,34)22(35,36)18(25,26)16-43-3-10(4-44-16)14-39-7-12(8-40-14)20(30,31)32/h1-8H. The molecule has 4 rings (SSSR count). The third kappa shape index (κ3) is 5.54. The van der Waals surface area contributed by atoms with Gasteiger partial charge in [0.15, 0.2) is 11.6 Å². The van der Waals surface area contributed by atoms with E-state index in [0.29, 0.717) is 0 Å². The van der Waals surface area contributed by atoms with Crippen LogP contribution in [0.1, 0.15) is 22.8 Å². The number of rotatable bonds is 7. The Morgan fingerprint density at radius 2 is 0.591 bits per heavy atom. The molecule has 4 aromatic rings. The molecule has 0 saturated heterocycles. The topological polar surface area (TPSA) is 103 Å². The van der Waals surface area contributed by atoms with Crippen molar-refractivity contribution in [2.75, 3.05) is 0 Å². The molecule has 0 saturated carbocycles. The van der Waals surface area contributed by atoms with Crippen molar-refractivity contribution >= 4 is 0 Å². The molecule has 4 heterocycles. The van der Waals surface area contributed by atoms with E-state index in [9.17, 15) is 61.5 Å². The molecule has 0 aromatic carbocycles. The van der Waals surface area contributed by atoms with Gasteiger partial charge in [-0.25, -0.2) is 39.9 Å². The van der Waals surface area contributed by atoms with E-state index in [1.54, 1.807) is 0 Å². The maximum atomic E-state index is 14.6. The van der Waals surface area contributed by atoms with Crippen molar-refractivity contribution in [3.05, 3.63) is 72.4 Å². The van der Waals surface area contributed by atoms with Crippen LogP contribution in [-0.2, 0) is 24.2 Å². The molecule has 0 N–H and O–H groups in total. The van der Waals surface area contributed by atoms with E-state index in [1.165, 1.54) is 0 Å². The summed E-state index contributed by atoms with van der Waals surface area (Å²) < 4.78 is 192. The first-order chi connectivity index (χ1) is 20.1. The Morgan fingerprint density at radius 3 is 0.818 bits per heavy atom. The van der Waals surface area contributed by atoms with Crippen LogP contribution < -0.4 is 0 Å². The zero-order chi connectivity index (χ0) is 32.9. The van der Waals surface area contributed by atoms with E-state index in [2.05, 4.69) is 39.9 Å². The highest BCUT2D eigenvalue weighted by molar-refractivity contribution is 5.52. The summed E-state index contributed by atoms with van der Waals surface area (Å²) in [7, 11) is 0. The molecule has 0 atom stereocenters. The molecule has 22 heteroatoms. The second kappa shape index (κ2) is 10.5. The van der Waals surface area contributed by atoms with E-state index in [4.69, 9.17) is 0 Å². The van der Waals surface area contributed by atoms with Gasteiger partial charge in [0.05, 0.1) is 22.3 Å². The van der Waals surface area contributed by atoms with Crippen molar-refractivity contribution in [2.24, 2.45) is 0 Å². The Bertz CT molecular complexity index is 1480. The first-order valence-electron chi connectivity index (χ1n) is 11.1. The molecule has 44 heavy (non-hydrogen) atoms. The van der Waals surface area contributed by atoms with Crippen LogP contribution in [0, 0.1) is 0 Å². The minimum absolute atomic E-state index is 0.246. The lowest BCUT2D eigenvalue weighted by Crippen LogP contribution is -2.60. The third-order valence-electron chi connectivity index (χ3n) is 5.52. The van der Waals surface area contributed by atoms with Gasteiger partial charge in [-0.05, 0) is 0 Å².